The molecule has 1 aromatic carbocycles. The van der Waals surface area contributed by atoms with Crippen LogP contribution in [0.4, 0.5) is 0 Å². The van der Waals surface area contributed by atoms with E-state index in [1.165, 1.54) is 12.1 Å². The van der Waals surface area contributed by atoms with Crippen molar-refractivity contribution in [1.82, 2.24) is 10.0 Å². The molecule has 2 atom stereocenters. The zero-order valence-corrected chi connectivity index (χ0v) is 20.1. The Morgan fingerprint density at radius 1 is 1.06 bits per heavy atom. The maximum Gasteiger partial charge on any atom is 0.243 e. The number of benzene rings is 1. The van der Waals surface area contributed by atoms with E-state index in [-0.39, 0.29) is 39.6 Å². The highest BCUT2D eigenvalue weighted by Crippen LogP contribution is 2.60. The summed E-state index contributed by atoms with van der Waals surface area (Å²) in [5.41, 5.74) is 4.75. The van der Waals surface area contributed by atoms with Gasteiger partial charge < -0.3 is 11.1 Å². The number of primary amides is 1. The number of nitrogens with two attached hydrogens (primary N) is 1. The van der Waals surface area contributed by atoms with Crippen LogP contribution in [-0.2, 0) is 19.6 Å². The van der Waals surface area contributed by atoms with E-state index in [0.717, 1.165) is 19.3 Å². The number of halogens is 2. The van der Waals surface area contributed by atoms with Gasteiger partial charge in [0, 0.05) is 16.5 Å². The first-order chi connectivity index (χ1) is 14.9. The third-order valence-corrected chi connectivity index (χ3v) is 10.5. The molecule has 5 fully saturated rings. The largest absolute Gasteiger partial charge is 0.369 e. The second kappa shape index (κ2) is 7.32. The van der Waals surface area contributed by atoms with Gasteiger partial charge in [-0.1, -0.05) is 23.2 Å². The molecule has 4 bridgehead atoms. The summed E-state index contributed by atoms with van der Waals surface area (Å²) in [6.45, 7) is 1.70. The maximum atomic E-state index is 13.3. The average molecular weight is 500 g/mol. The number of aryl methyl sites for hydroxylation is 1. The third kappa shape index (κ3) is 3.54. The predicted octanol–water partition coefficient (Wildman–Crippen LogP) is 2.91. The highest BCUT2D eigenvalue weighted by Gasteiger charge is 2.60. The number of amides is 2. The zero-order valence-electron chi connectivity index (χ0n) is 17.8. The van der Waals surface area contributed by atoms with E-state index >= 15 is 0 Å². The molecular weight excluding hydrogens is 473 g/mol. The lowest BCUT2D eigenvalue weighted by atomic mass is 9.47. The average Bonchev–Trinajstić information content (AvgIpc) is 3.46. The normalized spacial score (nSPS) is 34.3. The standard InChI is InChI=1S/C22H27Cl2N3O4S/c1-11-4-17(16(24)7-15(11)23)32(30,31)27-22(2-3-22)20(29)26-18-13-5-12-6-14(18)10-21(8-12,9-13)19(25)28/h4,7,12-14,18,27H,2-3,5-6,8-10H2,1H3,(H2,25,28)(H,26,29). The molecule has 1 aromatic rings. The van der Waals surface area contributed by atoms with E-state index in [1.807, 2.05) is 0 Å². The van der Waals surface area contributed by atoms with Crippen molar-refractivity contribution >= 4 is 45.0 Å². The molecule has 0 spiro atoms. The third-order valence-electron chi connectivity index (χ3n) is 8.11. The number of hydrogen-bond donors (Lipinski definition) is 3. The van der Waals surface area contributed by atoms with E-state index in [4.69, 9.17) is 28.9 Å². The monoisotopic (exact) mass is 499 g/mol. The Hall–Kier alpha value is -1.35. The van der Waals surface area contributed by atoms with E-state index in [9.17, 15) is 18.0 Å². The molecule has 0 aromatic heterocycles. The molecule has 2 amide bonds. The highest BCUT2D eigenvalue weighted by molar-refractivity contribution is 7.89. The summed E-state index contributed by atoms with van der Waals surface area (Å²) in [6, 6.07) is 2.77. The van der Waals surface area contributed by atoms with Crippen LogP contribution in [0.15, 0.2) is 17.0 Å². The molecule has 4 N–H and O–H groups in total. The smallest absolute Gasteiger partial charge is 0.243 e. The van der Waals surface area contributed by atoms with Crippen LogP contribution in [0.1, 0.15) is 50.5 Å². The van der Waals surface area contributed by atoms with Gasteiger partial charge in [-0.05, 0) is 87.3 Å². The van der Waals surface area contributed by atoms with Gasteiger partial charge in [0.15, 0.2) is 0 Å². The molecule has 32 heavy (non-hydrogen) atoms. The number of rotatable bonds is 6. The molecule has 0 radical (unpaired) electrons. The van der Waals surface area contributed by atoms with Gasteiger partial charge in [-0.3, -0.25) is 9.59 Å². The summed E-state index contributed by atoms with van der Waals surface area (Å²) in [6.07, 6.45) is 5.10. The fourth-order valence-corrected chi connectivity index (χ4v) is 8.76. The first kappa shape index (κ1) is 22.4. The van der Waals surface area contributed by atoms with E-state index < -0.39 is 21.0 Å². The van der Waals surface area contributed by atoms with Crippen LogP contribution in [0, 0.1) is 30.1 Å². The minimum Gasteiger partial charge on any atom is -0.369 e. The first-order valence-electron chi connectivity index (χ1n) is 11.1. The van der Waals surface area contributed by atoms with Gasteiger partial charge in [-0.15, -0.1) is 0 Å². The van der Waals surface area contributed by atoms with Crippen LogP contribution in [-0.4, -0.2) is 31.8 Å². The summed E-state index contributed by atoms with van der Waals surface area (Å²) in [5, 5.41) is 3.55. The molecule has 0 saturated heterocycles. The van der Waals surface area contributed by atoms with Crippen molar-refractivity contribution in [3.63, 3.8) is 0 Å². The first-order valence-corrected chi connectivity index (χ1v) is 13.3. The molecule has 6 rings (SSSR count). The van der Waals surface area contributed by atoms with Crippen LogP contribution in [0.5, 0.6) is 0 Å². The van der Waals surface area contributed by atoms with Crippen molar-refractivity contribution in [3.05, 3.63) is 27.7 Å². The van der Waals surface area contributed by atoms with E-state index in [2.05, 4.69) is 10.0 Å². The Morgan fingerprint density at radius 3 is 2.25 bits per heavy atom. The van der Waals surface area contributed by atoms with Crippen molar-refractivity contribution in [2.45, 2.75) is 68.3 Å². The summed E-state index contributed by atoms with van der Waals surface area (Å²) in [4.78, 5) is 25.3. The number of carbonyl (C=O) groups excluding carboxylic acids is 2. The molecule has 7 nitrogen and oxygen atoms in total. The van der Waals surface area contributed by atoms with Crippen molar-refractivity contribution in [3.8, 4) is 0 Å². The molecule has 0 heterocycles. The quantitative estimate of drug-likeness (QED) is 0.557. The van der Waals surface area contributed by atoms with Crippen molar-refractivity contribution in [2.75, 3.05) is 0 Å². The fourth-order valence-electron chi connectivity index (χ4n) is 6.50. The summed E-state index contributed by atoms with van der Waals surface area (Å²) in [7, 11) is -4.02. The Labute approximate surface area is 197 Å². The van der Waals surface area contributed by atoms with Gasteiger partial charge in [0.25, 0.3) is 0 Å². The molecule has 0 aliphatic heterocycles. The fraction of sp³-hybridized carbons (Fsp3) is 0.636. The lowest BCUT2D eigenvalue weighted by molar-refractivity contribution is -0.147. The molecule has 174 valence electrons. The molecular formula is C22H27Cl2N3O4S. The lowest BCUT2D eigenvalue weighted by Gasteiger charge is -2.59. The lowest BCUT2D eigenvalue weighted by Crippen LogP contribution is -2.64. The topological polar surface area (TPSA) is 118 Å². The minimum absolute atomic E-state index is 0.0158. The van der Waals surface area contributed by atoms with Crippen molar-refractivity contribution < 1.29 is 18.0 Å². The Morgan fingerprint density at radius 2 is 1.69 bits per heavy atom. The van der Waals surface area contributed by atoms with Gasteiger partial charge in [-0.25, -0.2) is 8.42 Å². The molecule has 2 unspecified atom stereocenters. The zero-order chi connectivity index (χ0) is 23.1. The summed E-state index contributed by atoms with van der Waals surface area (Å²) >= 11 is 12.2. The van der Waals surface area contributed by atoms with Crippen LogP contribution < -0.4 is 15.8 Å². The van der Waals surface area contributed by atoms with E-state index in [1.54, 1.807) is 6.92 Å². The summed E-state index contributed by atoms with van der Waals surface area (Å²) in [5.74, 6) is 0.380. The Bertz CT molecular complexity index is 1100. The van der Waals surface area contributed by atoms with Gasteiger partial charge in [0.1, 0.15) is 10.4 Å². The van der Waals surface area contributed by atoms with Crippen LogP contribution >= 0.6 is 23.2 Å². The SMILES string of the molecule is Cc1cc(S(=O)(=O)NC2(C(=O)NC3C4CC5CC3CC(C(N)=O)(C5)C4)CC2)c(Cl)cc1Cl. The number of carbonyl (C=O) groups is 2. The van der Waals surface area contributed by atoms with Crippen LogP contribution in [0.25, 0.3) is 0 Å². The predicted molar refractivity (Wildman–Crippen MR) is 121 cm³/mol. The van der Waals surface area contributed by atoms with Gasteiger partial charge in [0.05, 0.1) is 5.02 Å². The highest BCUT2D eigenvalue weighted by atomic mass is 35.5. The van der Waals surface area contributed by atoms with Gasteiger partial charge in [0.2, 0.25) is 21.8 Å². The number of nitrogens with one attached hydrogen (secondary N) is 2. The summed E-state index contributed by atoms with van der Waals surface area (Å²) < 4.78 is 28.7. The minimum atomic E-state index is -4.02. The van der Waals surface area contributed by atoms with Gasteiger partial charge in [-0.2, -0.15) is 4.72 Å². The number of sulfonamides is 1. The molecule has 5 aliphatic carbocycles. The molecule has 5 aliphatic rings. The Kier molecular flexibility index (Phi) is 5.14. The van der Waals surface area contributed by atoms with Crippen LogP contribution in [0.2, 0.25) is 10.0 Å². The Balaban J connectivity index is 1.33. The van der Waals surface area contributed by atoms with Crippen LogP contribution in [0.3, 0.4) is 0 Å². The molecule has 5 saturated carbocycles. The molecule has 10 heteroatoms. The second-order valence-corrected chi connectivity index (χ2v) is 12.8. The van der Waals surface area contributed by atoms with Gasteiger partial charge >= 0.3 is 0 Å². The van der Waals surface area contributed by atoms with Crippen molar-refractivity contribution in [2.24, 2.45) is 28.9 Å². The van der Waals surface area contributed by atoms with Crippen molar-refractivity contribution in [1.29, 1.82) is 0 Å². The van der Waals surface area contributed by atoms with E-state index in [0.29, 0.717) is 42.2 Å². The maximum absolute atomic E-state index is 13.3. The number of hydrogen-bond acceptors (Lipinski definition) is 4. The second-order valence-electron chi connectivity index (χ2n) is 10.3.